The summed E-state index contributed by atoms with van der Waals surface area (Å²) in [5.74, 6) is 0. The first-order valence-electron chi connectivity index (χ1n) is 4.77. The summed E-state index contributed by atoms with van der Waals surface area (Å²) in [5.41, 5.74) is 3.11. The van der Waals surface area contributed by atoms with Gasteiger partial charge in [-0.2, -0.15) is 0 Å². The molecule has 0 radical (unpaired) electrons. The van der Waals surface area contributed by atoms with Crippen molar-refractivity contribution in [2.75, 3.05) is 0 Å². The van der Waals surface area contributed by atoms with Crippen LogP contribution in [0.25, 0.3) is 0 Å². The number of allylic oxidation sites excluding steroid dienone is 8. The Kier molecular flexibility index (Phi) is 2.84. The summed E-state index contributed by atoms with van der Waals surface area (Å²) in [6, 6.07) is 0. The Morgan fingerprint density at radius 3 is 1.69 bits per heavy atom. The van der Waals surface area contributed by atoms with E-state index in [0.29, 0.717) is 0 Å². The van der Waals surface area contributed by atoms with Crippen molar-refractivity contribution in [2.24, 2.45) is 0 Å². The first kappa shape index (κ1) is 9.40. The van der Waals surface area contributed by atoms with E-state index in [-0.39, 0.29) is 23.2 Å². The van der Waals surface area contributed by atoms with Crippen molar-refractivity contribution >= 4 is 0 Å². The summed E-state index contributed by atoms with van der Waals surface area (Å²) in [6.07, 6.45) is 11.7. The standard InChI is InChI=1S/2C6H7.Zr/c2*1-6-4-2-3-5-6;/h2*2,4H,3H2,1H3;. The minimum atomic E-state index is -0.385. The van der Waals surface area contributed by atoms with Gasteiger partial charge in [-0.15, -0.1) is 0 Å². The Bertz CT molecular complexity index is 306. The van der Waals surface area contributed by atoms with Gasteiger partial charge in [0, 0.05) is 0 Å². The summed E-state index contributed by atoms with van der Waals surface area (Å²) in [5, 5.41) is 0. The third-order valence-corrected chi connectivity index (χ3v) is 7.06. The second-order valence-corrected chi connectivity index (χ2v) is 7.24. The van der Waals surface area contributed by atoms with E-state index >= 15 is 0 Å². The zero-order valence-electron chi connectivity index (χ0n) is 8.22. The fraction of sp³-hybridized carbons (Fsp3) is 0.333. The molecule has 0 amide bonds. The number of hydrogen-bond acceptors (Lipinski definition) is 0. The van der Waals surface area contributed by atoms with E-state index in [1.54, 1.807) is 17.7 Å². The molecule has 0 unspecified atom stereocenters. The molecular formula is C12H14Zr. The second-order valence-electron chi connectivity index (χ2n) is 3.66. The van der Waals surface area contributed by atoms with Gasteiger partial charge in [0.25, 0.3) is 0 Å². The minimum absolute atomic E-state index is 0.385. The molecule has 0 N–H and O–H groups in total. The molecule has 0 nitrogen and oxygen atoms in total. The van der Waals surface area contributed by atoms with Gasteiger partial charge < -0.3 is 0 Å². The van der Waals surface area contributed by atoms with Crippen molar-refractivity contribution < 1.29 is 23.2 Å². The molecule has 13 heavy (non-hydrogen) atoms. The zero-order valence-corrected chi connectivity index (χ0v) is 10.7. The molecule has 0 aromatic carbocycles. The van der Waals surface area contributed by atoms with Gasteiger partial charge in [-0.1, -0.05) is 0 Å². The van der Waals surface area contributed by atoms with Gasteiger partial charge in [-0.3, -0.25) is 0 Å². The van der Waals surface area contributed by atoms with E-state index in [9.17, 15) is 0 Å². The van der Waals surface area contributed by atoms with Gasteiger partial charge >= 0.3 is 91.9 Å². The van der Waals surface area contributed by atoms with Crippen LogP contribution >= 0.6 is 0 Å². The molecule has 0 aromatic heterocycles. The van der Waals surface area contributed by atoms with Crippen molar-refractivity contribution in [3.05, 3.63) is 42.0 Å². The summed E-state index contributed by atoms with van der Waals surface area (Å²) < 4.78 is 3.56. The Morgan fingerprint density at radius 1 is 0.923 bits per heavy atom. The van der Waals surface area contributed by atoms with Crippen LogP contribution in [0.15, 0.2) is 42.0 Å². The third kappa shape index (κ3) is 2.02. The van der Waals surface area contributed by atoms with Crippen LogP contribution in [0.1, 0.15) is 26.7 Å². The van der Waals surface area contributed by atoms with Crippen LogP contribution in [0, 0.1) is 0 Å². The Labute approximate surface area is 91.7 Å². The topological polar surface area (TPSA) is 0 Å². The Morgan fingerprint density at radius 2 is 1.38 bits per heavy atom. The average Bonchev–Trinajstić information content (AvgIpc) is 2.65. The van der Waals surface area contributed by atoms with Crippen molar-refractivity contribution in [1.82, 2.24) is 0 Å². The quantitative estimate of drug-likeness (QED) is 0.702. The van der Waals surface area contributed by atoms with Crippen LogP contribution in [0.4, 0.5) is 0 Å². The van der Waals surface area contributed by atoms with Crippen molar-refractivity contribution in [3.8, 4) is 0 Å². The van der Waals surface area contributed by atoms with E-state index in [1.165, 1.54) is 12.8 Å². The van der Waals surface area contributed by atoms with Gasteiger partial charge in [0.2, 0.25) is 0 Å². The maximum atomic E-state index is 2.31. The van der Waals surface area contributed by atoms with Crippen molar-refractivity contribution in [2.45, 2.75) is 26.7 Å². The number of rotatable bonds is 2. The van der Waals surface area contributed by atoms with E-state index in [1.807, 2.05) is 0 Å². The normalized spacial score (nSPS) is 20.8. The van der Waals surface area contributed by atoms with Gasteiger partial charge in [-0.05, 0) is 0 Å². The molecule has 0 saturated carbocycles. The predicted molar refractivity (Wildman–Crippen MR) is 52.9 cm³/mol. The van der Waals surface area contributed by atoms with Crippen LogP contribution in [0.3, 0.4) is 0 Å². The van der Waals surface area contributed by atoms with Gasteiger partial charge in [0.05, 0.1) is 0 Å². The molecule has 2 aliphatic rings. The van der Waals surface area contributed by atoms with E-state index in [2.05, 4.69) is 38.2 Å². The summed E-state index contributed by atoms with van der Waals surface area (Å²) in [7, 11) is 0. The van der Waals surface area contributed by atoms with Crippen molar-refractivity contribution in [3.63, 3.8) is 0 Å². The first-order valence-corrected chi connectivity index (χ1v) is 7.23. The molecule has 0 aliphatic heterocycles. The molecule has 0 spiro atoms. The summed E-state index contributed by atoms with van der Waals surface area (Å²) in [6.45, 7) is 4.52. The van der Waals surface area contributed by atoms with Gasteiger partial charge in [-0.25, -0.2) is 0 Å². The molecule has 0 aromatic rings. The first-order chi connectivity index (χ1) is 6.27. The zero-order chi connectivity index (χ0) is 9.26. The maximum absolute atomic E-state index is 2.31. The molecule has 0 bridgehead atoms. The summed E-state index contributed by atoms with van der Waals surface area (Å²) >= 11 is -0.385. The molecule has 2 aliphatic carbocycles. The molecular weight excluding hydrogens is 235 g/mol. The van der Waals surface area contributed by atoms with E-state index in [4.69, 9.17) is 0 Å². The van der Waals surface area contributed by atoms with E-state index in [0.717, 1.165) is 0 Å². The van der Waals surface area contributed by atoms with Crippen LogP contribution in [-0.2, 0) is 23.2 Å². The second kappa shape index (κ2) is 3.92. The third-order valence-electron chi connectivity index (χ3n) is 2.63. The predicted octanol–water partition coefficient (Wildman–Crippen LogP) is 3.54. The molecule has 1 heteroatoms. The SMILES string of the molecule is CC1=[C]([Zr][C]2=C(C)C=CC2)CC=C1. The average molecular weight is 249 g/mol. The molecule has 0 fully saturated rings. The number of hydrogen-bond donors (Lipinski definition) is 0. The Hall–Kier alpha value is -0.157. The van der Waals surface area contributed by atoms with Crippen LogP contribution < -0.4 is 0 Å². The molecule has 0 saturated heterocycles. The molecule has 66 valence electrons. The van der Waals surface area contributed by atoms with Gasteiger partial charge in [0.1, 0.15) is 0 Å². The fourth-order valence-corrected chi connectivity index (χ4v) is 5.07. The summed E-state index contributed by atoms with van der Waals surface area (Å²) in [4.78, 5) is 0. The Balaban J connectivity index is 2.08. The van der Waals surface area contributed by atoms with E-state index < -0.39 is 0 Å². The monoisotopic (exact) mass is 248 g/mol. The van der Waals surface area contributed by atoms with Crippen LogP contribution in [0.5, 0.6) is 0 Å². The fourth-order valence-electron chi connectivity index (χ4n) is 1.71. The molecule has 0 heterocycles. The van der Waals surface area contributed by atoms with Gasteiger partial charge in [0.15, 0.2) is 0 Å². The molecule has 0 atom stereocenters. The van der Waals surface area contributed by atoms with Crippen LogP contribution in [0.2, 0.25) is 0 Å². The molecule has 2 rings (SSSR count). The van der Waals surface area contributed by atoms with Crippen LogP contribution in [-0.4, -0.2) is 0 Å². The van der Waals surface area contributed by atoms with Crippen molar-refractivity contribution in [1.29, 1.82) is 0 Å².